The molecule has 0 aromatic heterocycles. The SMILES string of the molecule is COc1cc(NC2CCc3ccc(C)cc32)ccc1F. The van der Waals surface area contributed by atoms with Crippen molar-refractivity contribution in [2.45, 2.75) is 25.8 Å². The van der Waals surface area contributed by atoms with E-state index in [1.165, 1.54) is 29.9 Å². The molecule has 3 heteroatoms. The van der Waals surface area contributed by atoms with E-state index < -0.39 is 0 Å². The molecule has 3 rings (SSSR count). The standard InChI is InChI=1S/C17H18FNO/c1-11-3-4-12-5-8-16(14(12)9-11)19-13-6-7-15(18)17(10-13)20-2/h3-4,6-7,9-10,16,19H,5,8H2,1-2H3. The summed E-state index contributed by atoms with van der Waals surface area (Å²) in [6.07, 6.45) is 2.16. The van der Waals surface area contributed by atoms with Crippen molar-refractivity contribution >= 4 is 5.69 Å². The van der Waals surface area contributed by atoms with Gasteiger partial charge in [0.2, 0.25) is 0 Å². The number of rotatable bonds is 3. The van der Waals surface area contributed by atoms with Crippen LogP contribution in [0, 0.1) is 12.7 Å². The van der Waals surface area contributed by atoms with Crippen molar-refractivity contribution in [3.63, 3.8) is 0 Å². The molecule has 0 heterocycles. The molecule has 1 aliphatic rings. The van der Waals surface area contributed by atoms with Crippen molar-refractivity contribution in [2.75, 3.05) is 12.4 Å². The van der Waals surface area contributed by atoms with Gasteiger partial charge in [-0.2, -0.15) is 0 Å². The quantitative estimate of drug-likeness (QED) is 0.901. The highest BCUT2D eigenvalue weighted by Gasteiger charge is 2.22. The molecule has 2 nitrogen and oxygen atoms in total. The average molecular weight is 271 g/mol. The predicted octanol–water partition coefficient (Wildman–Crippen LogP) is 4.24. The predicted molar refractivity (Wildman–Crippen MR) is 78.8 cm³/mol. The summed E-state index contributed by atoms with van der Waals surface area (Å²) in [7, 11) is 1.48. The Morgan fingerprint density at radius 3 is 2.85 bits per heavy atom. The number of ether oxygens (including phenoxy) is 1. The zero-order valence-corrected chi connectivity index (χ0v) is 11.7. The second-order valence-corrected chi connectivity index (χ2v) is 5.29. The topological polar surface area (TPSA) is 21.3 Å². The summed E-state index contributed by atoms with van der Waals surface area (Å²) in [4.78, 5) is 0. The van der Waals surface area contributed by atoms with E-state index in [1.54, 1.807) is 12.1 Å². The Morgan fingerprint density at radius 1 is 1.20 bits per heavy atom. The monoisotopic (exact) mass is 271 g/mol. The molecule has 20 heavy (non-hydrogen) atoms. The Morgan fingerprint density at radius 2 is 2.05 bits per heavy atom. The van der Waals surface area contributed by atoms with Crippen LogP contribution in [0.1, 0.15) is 29.2 Å². The second-order valence-electron chi connectivity index (χ2n) is 5.29. The zero-order valence-electron chi connectivity index (χ0n) is 11.7. The average Bonchev–Trinajstić information content (AvgIpc) is 2.83. The molecule has 1 N–H and O–H groups in total. The van der Waals surface area contributed by atoms with Gasteiger partial charge in [-0.25, -0.2) is 4.39 Å². The minimum absolute atomic E-state index is 0.275. The number of benzene rings is 2. The number of methoxy groups -OCH3 is 1. The Hall–Kier alpha value is -2.03. The summed E-state index contributed by atoms with van der Waals surface area (Å²) < 4.78 is 18.4. The maximum atomic E-state index is 13.4. The molecule has 0 radical (unpaired) electrons. The second kappa shape index (κ2) is 5.16. The summed E-state index contributed by atoms with van der Waals surface area (Å²) in [5.41, 5.74) is 4.92. The molecule has 1 atom stereocenters. The van der Waals surface area contributed by atoms with Crippen LogP contribution in [0.4, 0.5) is 10.1 Å². The molecule has 0 fully saturated rings. The van der Waals surface area contributed by atoms with Gasteiger partial charge < -0.3 is 10.1 Å². The van der Waals surface area contributed by atoms with Gasteiger partial charge in [-0.1, -0.05) is 23.8 Å². The molecule has 2 aromatic rings. The zero-order chi connectivity index (χ0) is 14.1. The van der Waals surface area contributed by atoms with Crippen molar-refractivity contribution in [1.29, 1.82) is 0 Å². The minimum Gasteiger partial charge on any atom is -0.494 e. The first-order valence-corrected chi connectivity index (χ1v) is 6.87. The van der Waals surface area contributed by atoms with Gasteiger partial charge in [-0.15, -0.1) is 0 Å². The van der Waals surface area contributed by atoms with Gasteiger partial charge in [0.25, 0.3) is 0 Å². The lowest BCUT2D eigenvalue weighted by molar-refractivity contribution is 0.386. The van der Waals surface area contributed by atoms with Crippen LogP contribution in [0.5, 0.6) is 5.75 Å². The Kier molecular flexibility index (Phi) is 3.35. The van der Waals surface area contributed by atoms with E-state index in [1.807, 2.05) is 0 Å². The third kappa shape index (κ3) is 2.36. The largest absolute Gasteiger partial charge is 0.494 e. The molecule has 0 spiro atoms. The normalized spacial score (nSPS) is 16.9. The molecular formula is C17H18FNO. The fraction of sp³-hybridized carbons (Fsp3) is 0.294. The van der Waals surface area contributed by atoms with Crippen LogP contribution in [-0.2, 0) is 6.42 Å². The van der Waals surface area contributed by atoms with Crippen LogP contribution < -0.4 is 10.1 Å². The molecule has 0 aliphatic heterocycles. The van der Waals surface area contributed by atoms with Crippen LogP contribution >= 0.6 is 0 Å². The first-order valence-electron chi connectivity index (χ1n) is 6.87. The Labute approximate surface area is 118 Å². The van der Waals surface area contributed by atoms with E-state index >= 15 is 0 Å². The van der Waals surface area contributed by atoms with Gasteiger partial charge in [-0.05, 0) is 43.0 Å². The fourth-order valence-electron chi connectivity index (χ4n) is 2.82. The summed E-state index contributed by atoms with van der Waals surface area (Å²) in [6, 6.07) is 11.8. The van der Waals surface area contributed by atoms with Gasteiger partial charge in [0, 0.05) is 11.8 Å². The number of hydrogen-bond acceptors (Lipinski definition) is 2. The minimum atomic E-state index is -0.333. The Balaban J connectivity index is 1.85. The first-order chi connectivity index (χ1) is 9.67. The van der Waals surface area contributed by atoms with Crippen molar-refractivity contribution in [3.8, 4) is 5.75 Å². The fourth-order valence-corrected chi connectivity index (χ4v) is 2.82. The van der Waals surface area contributed by atoms with Crippen molar-refractivity contribution in [2.24, 2.45) is 0 Å². The molecule has 0 saturated carbocycles. The lowest BCUT2D eigenvalue weighted by Gasteiger charge is -2.17. The molecule has 1 unspecified atom stereocenters. The Bertz CT molecular complexity index is 639. The number of hydrogen-bond donors (Lipinski definition) is 1. The lowest BCUT2D eigenvalue weighted by Crippen LogP contribution is -2.07. The van der Waals surface area contributed by atoms with Crippen LogP contribution in [0.15, 0.2) is 36.4 Å². The molecule has 2 aromatic carbocycles. The van der Waals surface area contributed by atoms with E-state index in [0.29, 0.717) is 6.04 Å². The van der Waals surface area contributed by atoms with Gasteiger partial charge >= 0.3 is 0 Å². The van der Waals surface area contributed by atoms with E-state index in [2.05, 4.69) is 30.4 Å². The number of fused-ring (bicyclic) bond motifs is 1. The summed E-state index contributed by atoms with van der Waals surface area (Å²) >= 11 is 0. The highest BCUT2D eigenvalue weighted by atomic mass is 19.1. The molecule has 104 valence electrons. The van der Waals surface area contributed by atoms with Gasteiger partial charge in [0.1, 0.15) is 0 Å². The molecular weight excluding hydrogens is 253 g/mol. The smallest absolute Gasteiger partial charge is 0.165 e. The molecule has 1 aliphatic carbocycles. The summed E-state index contributed by atoms with van der Waals surface area (Å²) in [6.45, 7) is 2.11. The van der Waals surface area contributed by atoms with Crippen molar-refractivity contribution < 1.29 is 9.13 Å². The van der Waals surface area contributed by atoms with E-state index in [4.69, 9.17) is 4.74 Å². The number of nitrogens with one attached hydrogen (secondary N) is 1. The number of anilines is 1. The van der Waals surface area contributed by atoms with Crippen molar-refractivity contribution in [1.82, 2.24) is 0 Å². The lowest BCUT2D eigenvalue weighted by atomic mass is 10.0. The molecule has 0 amide bonds. The molecule has 0 saturated heterocycles. The van der Waals surface area contributed by atoms with Crippen molar-refractivity contribution in [3.05, 3.63) is 58.9 Å². The third-order valence-electron chi connectivity index (χ3n) is 3.87. The van der Waals surface area contributed by atoms with Crippen LogP contribution in [-0.4, -0.2) is 7.11 Å². The summed E-state index contributed by atoms with van der Waals surface area (Å²) in [5.74, 6) is -0.0572. The highest BCUT2D eigenvalue weighted by Crippen LogP contribution is 2.35. The maximum absolute atomic E-state index is 13.4. The van der Waals surface area contributed by atoms with Crippen LogP contribution in [0.3, 0.4) is 0 Å². The van der Waals surface area contributed by atoms with Gasteiger partial charge in [0.15, 0.2) is 11.6 Å². The molecule has 0 bridgehead atoms. The van der Waals surface area contributed by atoms with Gasteiger partial charge in [0.05, 0.1) is 13.2 Å². The number of halogens is 1. The van der Waals surface area contributed by atoms with E-state index in [0.717, 1.165) is 18.5 Å². The number of aryl methyl sites for hydroxylation is 2. The van der Waals surface area contributed by atoms with E-state index in [9.17, 15) is 4.39 Å². The van der Waals surface area contributed by atoms with Gasteiger partial charge in [-0.3, -0.25) is 0 Å². The first kappa shape index (κ1) is 13.0. The van der Waals surface area contributed by atoms with Crippen LogP contribution in [0.2, 0.25) is 0 Å². The van der Waals surface area contributed by atoms with Crippen LogP contribution in [0.25, 0.3) is 0 Å². The van der Waals surface area contributed by atoms with E-state index in [-0.39, 0.29) is 11.6 Å². The maximum Gasteiger partial charge on any atom is 0.165 e. The third-order valence-corrected chi connectivity index (χ3v) is 3.87. The highest BCUT2D eigenvalue weighted by molar-refractivity contribution is 5.52. The summed E-state index contributed by atoms with van der Waals surface area (Å²) in [5, 5.41) is 3.48.